The number of benzene rings is 1. The molecule has 0 aliphatic carbocycles. The van der Waals surface area contributed by atoms with Gasteiger partial charge in [-0.3, -0.25) is 0 Å². The van der Waals surface area contributed by atoms with Gasteiger partial charge in [-0.25, -0.2) is 0 Å². The van der Waals surface area contributed by atoms with E-state index in [0.29, 0.717) is 12.2 Å². The first-order valence-electron chi connectivity index (χ1n) is 4.48. The molecule has 1 N–H and O–H groups in total. The molecule has 0 spiro atoms. The molecule has 0 atom stereocenters. The number of hydrogen-bond donors (Lipinski definition) is 1. The van der Waals surface area contributed by atoms with Gasteiger partial charge >= 0.3 is 6.18 Å². The molecule has 1 aromatic carbocycles. The van der Waals surface area contributed by atoms with E-state index in [1.807, 2.05) is 6.92 Å². The van der Waals surface area contributed by atoms with E-state index in [-0.39, 0.29) is 5.75 Å². The average Bonchev–Trinajstić information content (AvgIpc) is 2.17. The highest BCUT2D eigenvalue weighted by Gasteiger charge is 2.34. The summed E-state index contributed by atoms with van der Waals surface area (Å²) in [6, 6.07) is 3.90. The normalized spacial score (nSPS) is 11.3. The number of nitrogens with one attached hydrogen (secondary N) is 1. The number of anilines is 1. The van der Waals surface area contributed by atoms with Crippen molar-refractivity contribution in [3.05, 3.63) is 23.8 Å². The number of halogens is 3. The molecule has 0 aliphatic rings. The first kappa shape index (κ1) is 11.7. The Morgan fingerprint density at radius 3 is 2.47 bits per heavy atom. The Hall–Kier alpha value is -1.39. The zero-order valence-corrected chi connectivity index (χ0v) is 8.48. The highest BCUT2D eigenvalue weighted by atomic mass is 19.4. The summed E-state index contributed by atoms with van der Waals surface area (Å²) in [5.41, 5.74) is -0.325. The second kappa shape index (κ2) is 4.42. The molecular formula is C10H12F3NO. The molecule has 15 heavy (non-hydrogen) atoms. The van der Waals surface area contributed by atoms with E-state index in [1.54, 1.807) is 6.07 Å². The SMILES string of the molecule is CCNc1ccc(OC)c(C(F)(F)F)c1. The van der Waals surface area contributed by atoms with Crippen molar-refractivity contribution in [2.24, 2.45) is 0 Å². The zero-order chi connectivity index (χ0) is 11.5. The minimum Gasteiger partial charge on any atom is -0.496 e. The Labute approximate surface area is 86.1 Å². The summed E-state index contributed by atoms with van der Waals surface area (Å²) in [5, 5.41) is 2.82. The fraction of sp³-hybridized carbons (Fsp3) is 0.400. The lowest BCUT2D eigenvalue weighted by molar-refractivity contribution is -0.138. The van der Waals surface area contributed by atoms with Crippen molar-refractivity contribution in [2.75, 3.05) is 19.0 Å². The van der Waals surface area contributed by atoms with E-state index in [9.17, 15) is 13.2 Å². The van der Waals surface area contributed by atoms with Gasteiger partial charge in [-0.2, -0.15) is 13.2 Å². The quantitative estimate of drug-likeness (QED) is 0.843. The Kier molecular flexibility index (Phi) is 3.44. The van der Waals surface area contributed by atoms with Crippen molar-refractivity contribution in [3.8, 4) is 5.75 Å². The maximum Gasteiger partial charge on any atom is 0.420 e. The Balaban J connectivity index is 3.13. The highest BCUT2D eigenvalue weighted by molar-refractivity contribution is 5.52. The highest BCUT2D eigenvalue weighted by Crippen LogP contribution is 2.37. The Morgan fingerprint density at radius 1 is 1.33 bits per heavy atom. The van der Waals surface area contributed by atoms with Crippen LogP contribution in [0.25, 0.3) is 0 Å². The Morgan fingerprint density at radius 2 is 2.00 bits per heavy atom. The lowest BCUT2D eigenvalue weighted by Gasteiger charge is -2.13. The summed E-state index contributed by atoms with van der Waals surface area (Å²) in [5.74, 6) is -0.163. The van der Waals surface area contributed by atoms with Crippen molar-refractivity contribution in [1.29, 1.82) is 0 Å². The summed E-state index contributed by atoms with van der Waals surface area (Å²) >= 11 is 0. The Bertz CT molecular complexity index is 336. The molecule has 1 rings (SSSR count). The van der Waals surface area contributed by atoms with E-state index in [1.165, 1.54) is 13.2 Å². The van der Waals surface area contributed by atoms with Crippen LogP contribution in [-0.2, 0) is 6.18 Å². The zero-order valence-electron chi connectivity index (χ0n) is 8.48. The van der Waals surface area contributed by atoms with E-state index in [0.717, 1.165) is 6.07 Å². The molecule has 0 unspecified atom stereocenters. The lowest BCUT2D eigenvalue weighted by Crippen LogP contribution is -2.08. The lowest BCUT2D eigenvalue weighted by atomic mass is 10.1. The first-order chi connectivity index (χ1) is 6.99. The number of ether oxygens (including phenoxy) is 1. The van der Waals surface area contributed by atoms with Gasteiger partial charge < -0.3 is 10.1 Å². The van der Waals surface area contributed by atoms with Crippen LogP contribution in [0.1, 0.15) is 12.5 Å². The summed E-state index contributed by atoms with van der Waals surface area (Å²) in [7, 11) is 1.22. The number of hydrogen-bond acceptors (Lipinski definition) is 2. The van der Waals surface area contributed by atoms with Gasteiger partial charge in [0.2, 0.25) is 0 Å². The predicted octanol–water partition coefficient (Wildman–Crippen LogP) is 3.15. The molecule has 0 heterocycles. The van der Waals surface area contributed by atoms with Crippen LogP contribution >= 0.6 is 0 Å². The van der Waals surface area contributed by atoms with E-state index in [4.69, 9.17) is 0 Å². The van der Waals surface area contributed by atoms with Crippen LogP contribution < -0.4 is 10.1 Å². The fourth-order valence-electron chi connectivity index (χ4n) is 1.24. The predicted molar refractivity (Wildman–Crippen MR) is 52.2 cm³/mol. The van der Waals surface area contributed by atoms with Gasteiger partial charge in [0.05, 0.1) is 12.7 Å². The van der Waals surface area contributed by atoms with Gasteiger partial charge in [0, 0.05) is 12.2 Å². The van der Waals surface area contributed by atoms with Gasteiger partial charge in [-0.1, -0.05) is 0 Å². The van der Waals surface area contributed by atoms with Crippen molar-refractivity contribution in [3.63, 3.8) is 0 Å². The molecule has 84 valence electrons. The minimum atomic E-state index is -4.39. The van der Waals surface area contributed by atoms with Crippen LogP contribution in [-0.4, -0.2) is 13.7 Å². The fourth-order valence-corrected chi connectivity index (χ4v) is 1.24. The van der Waals surface area contributed by atoms with Crippen LogP contribution in [0.3, 0.4) is 0 Å². The van der Waals surface area contributed by atoms with Gasteiger partial charge in [0.1, 0.15) is 5.75 Å². The molecule has 0 saturated carbocycles. The van der Waals surface area contributed by atoms with Crippen LogP contribution in [0.2, 0.25) is 0 Å². The molecule has 0 saturated heterocycles. The van der Waals surface area contributed by atoms with Crippen LogP contribution in [0.4, 0.5) is 18.9 Å². The van der Waals surface area contributed by atoms with Crippen molar-refractivity contribution < 1.29 is 17.9 Å². The summed E-state index contributed by atoms with van der Waals surface area (Å²) < 4.78 is 42.3. The maximum atomic E-state index is 12.5. The largest absolute Gasteiger partial charge is 0.496 e. The first-order valence-corrected chi connectivity index (χ1v) is 4.48. The third kappa shape index (κ3) is 2.78. The molecule has 0 aliphatic heterocycles. The van der Waals surface area contributed by atoms with E-state index in [2.05, 4.69) is 10.1 Å². The van der Waals surface area contributed by atoms with Crippen LogP contribution in [0.5, 0.6) is 5.75 Å². The average molecular weight is 219 g/mol. The third-order valence-electron chi connectivity index (χ3n) is 1.89. The minimum absolute atomic E-state index is 0.163. The van der Waals surface area contributed by atoms with E-state index >= 15 is 0 Å². The molecule has 5 heteroatoms. The third-order valence-corrected chi connectivity index (χ3v) is 1.89. The molecule has 2 nitrogen and oxygen atoms in total. The summed E-state index contributed by atoms with van der Waals surface area (Å²) in [4.78, 5) is 0. The molecule has 0 fully saturated rings. The molecule has 0 radical (unpaired) electrons. The van der Waals surface area contributed by atoms with Gasteiger partial charge in [0.25, 0.3) is 0 Å². The second-order valence-electron chi connectivity index (χ2n) is 2.94. The summed E-state index contributed by atoms with van der Waals surface area (Å²) in [6.45, 7) is 2.39. The number of alkyl halides is 3. The van der Waals surface area contributed by atoms with Crippen molar-refractivity contribution in [1.82, 2.24) is 0 Å². The standard InChI is InChI=1S/C10H12F3NO/c1-3-14-7-4-5-9(15-2)8(6-7)10(11,12)13/h4-6,14H,3H2,1-2H3. The van der Waals surface area contributed by atoms with Gasteiger partial charge in [0.15, 0.2) is 0 Å². The van der Waals surface area contributed by atoms with Crippen LogP contribution in [0.15, 0.2) is 18.2 Å². The van der Waals surface area contributed by atoms with Crippen molar-refractivity contribution >= 4 is 5.69 Å². The van der Waals surface area contributed by atoms with Gasteiger partial charge in [-0.05, 0) is 25.1 Å². The number of methoxy groups -OCH3 is 1. The second-order valence-corrected chi connectivity index (χ2v) is 2.94. The molecular weight excluding hydrogens is 207 g/mol. The molecule has 0 bridgehead atoms. The molecule has 1 aromatic rings. The smallest absolute Gasteiger partial charge is 0.420 e. The maximum absolute atomic E-state index is 12.5. The van der Waals surface area contributed by atoms with Crippen LogP contribution in [0, 0.1) is 0 Å². The topological polar surface area (TPSA) is 21.3 Å². The molecule has 0 aromatic heterocycles. The summed E-state index contributed by atoms with van der Waals surface area (Å²) in [6.07, 6.45) is -4.39. The molecule has 0 amide bonds. The van der Waals surface area contributed by atoms with Gasteiger partial charge in [-0.15, -0.1) is 0 Å². The van der Waals surface area contributed by atoms with E-state index < -0.39 is 11.7 Å². The number of rotatable bonds is 3. The monoisotopic (exact) mass is 219 g/mol. The van der Waals surface area contributed by atoms with Crippen molar-refractivity contribution in [2.45, 2.75) is 13.1 Å².